The second-order valence-corrected chi connectivity index (χ2v) is 8.32. The molecule has 5 heteroatoms. The summed E-state index contributed by atoms with van der Waals surface area (Å²) in [5, 5.41) is 0. The van der Waals surface area contributed by atoms with E-state index in [0.29, 0.717) is 5.92 Å². The molecule has 0 bridgehead atoms. The molecule has 1 amide bonds. The van der Waals surface area contributed by atoms with Crippen LogP contribution in [-0.4, -0.2) is 40.8 Å². The number of carbonyl (C=O) groups is 2. The average molecular weight is 325 g/mol. The Hall–Kier alpha value is -1.10. The van der Waals surface area contributed by atoms with E-state index in [4.69, 9.17) is 9.47 Å². The predicted molar refractivity (Wildman–Crippen MR) is 88.1 cm³/mol. The Labute approximate surface area is 139 Å². The van der Waals surface area contributed by atoms with Crippen LogP contribution in [0, 0.1) is 5.92 Å². The number of ether oxygens (including phenoxy) is 2. The first-order chi connectivity index (χ1) is 10.6. The van der Waals surface area contributed by atoms with E-state index in [1.807, 2.05) is 34.6 Å². The molecule has 2 atom stereocenters. The van der Waals surface area contributed by atoms with Crippen LogP contribution in [0.1, 0.15) is 73.1 Å². The van der Waals surface area contributed by atoms with Gasteiger partial charge in [-0.25, -0.2) is 4.79 Å². The summed E-state index contributed by atoms with van der Waals surface area (Å²) in [5.74, 6) is 0.554. The molecule has 1 saturated carbocycles. The topological polar surface area (TPSA) is 55.8 Å². The molecule has 2 fully saturated rings. The van der Waals surface area contributed by atoms with Crippen LogP contribution in [0.4, 0.5) is 4.79 Å². The maximum atomic E-state index is 12.7. The molecule has 1 aliphatic carbocycles. The van der Waals surface area contributed by atoms with Gasteiger partial charge in [0.05, 0.1) is 6.04 Å². The maximum Gasteiger partial charge on any atom is 0.412 e. The van der Waals surface area contributed by atoms with Crippen molar-refractivity contribution >= 4 is 12.4 Å². The molecule has 0 radical (unpaired) electrons. The van der Waals surface area contributed by atoms with Crippen LogP contribution >= 0.6 is 0 Å². The molecular weight excluding hydrogens is 294 g/mol. The lowest BCUT2D eigenvalue weighted by atomic mass is 9.83. The summed E-state index contributed by atoms with van der Waals surface area (Å²) >= 11 is 0. The minimum absolute atomic E-state index is 0.236. The molecule has 0 aromatic heterocycles. The second-order valence-electron chi connectivity index (χ2n) is 8.32. The van der Waals surface area contributed by atoms with Crippen LogP contribution < -0.4 is 0 Å². The van der Waals surface area contributed by atoms with Crippen molar-refractivity contribution in [2.75, 3.05) is 0 Å². The van der Waals surface area contributed by atoms with Gasteiger partial charge < -0.3 is 14.3 Å². The standard InChI is InChI=1S/C18H31NO4/c1-17(2,3)23-16(21)19-14(11-13-9-7-6-8-10-13)15(12-20)22-18(19,4)5/h12-15H,6-11H2,1-5H3/t14-,15+/m1/s1. The number of rotatable bonds is 3. The highest BCUT2D eigenvalue weighted by Gasteiger charge is 2.51. The highest BCUT2D eigenvalue weighted by Crippen LogP contribution is 2.38. The maximum absolute atomic E-state index is 12.7. The molecule has 1 saturated heterocycles. The van der Waals surface area contributed by atoms with Gasteiger partial charge in [0.15, 0.2) is 6.29 Å². The van der Waals surface area contributed by atoms with Gasteiger partial charge in [-0.3, -0.25) is 4.90 Å². The number of nitrogens with zero attached hydrogens (tertiary/aromatic N) is 1. The zero-order valence-corrected chi connectivity index (χ0v) is 15.1. The molecule has 0 N–H and O–H groups in total. The van der Waals surface area contributed by atoms with Gasteiger partial charge in [-0.2, -0.15) is 0 Å². The smallest absolute Gasteiger partial charge is 0.412 e. The Balaban J connectivity index is 2.18. The summed E-state index contributed by atoms with van der Waals surface area (Å²) in [5.41, 5.74) is -1.39. The van der Waals surface area contributed by atoms with Gasteiger partial charge in [0, 0.05) is 0 Å². The first-order valence-corrected chi connectivity index (χ1v) is 8.79. The van der Waals surface area contributed by atoms with Crippen molar-refractivity contribution in [2.24, 2.45) is 5.92 Å². The molecule has 0 aromatic rings. The molecule has 0 aromatic carbocycles. The summed E-state index contributed by atoms with van der Waals surface area (Å²) in [6, 6.07) is -0.236. The van der Waals surface area contributed by atoms with Gasteiger partial charge in [-0.1, -0.05) is 32.1 Å². The van der Waals surface area contributed by atoms with Crippen LogP contribution in [0.15, 0.2) is 0 Å². The van der Waals surface area contributed by atoms with Crippen molar-refractivity contribution in [1.29, 1.82) is 0 Å². The largest absolute Gasteiger partial charge is 0.444 e. The summed E-state index contributed by atoms with van der Waals surface area (Å²) in [6.45, 7) is 9.20. The van der Waals surface area contributed by atoms with Gasteiger partial charge in [0.25, 0.3) is 0 Å². The highest BCUT2D eigenvalue weighted by molar-refractivity contribution is 5.72. The fourth-order valence-electron chi connectivity index (χ4n) is 3.80. The number of hydrogen-bond acceptors (Lipinski definition) is 4. The minimum Gasteiger partial charge on any atom is -0.444 e. The Kier molecular flexibility index (Phi) is 5.39. The molecule has 2 aliphatic rings. The Morgan fingerprint density at radius 3 is 2.39 bits per heavy atom. The number of hydrogen-bond donors (Lipinski definition) is 0. The molecule has 0 unspecified atom stereocenters. The molecule has 1 aliphatic heterocycles. The minimum atomic E-state index is -0.826. The van der Waals surface area contributed by atoms with E-state index in [2.05, 4.69) is 0 Å². The summed E-state index contributed by atoms with van der Waals surface area (Å²) in [6.07, 6.45) is 6.78. The van der Waals surface area contributed by atoms with Crippen molar-refractivity contribution in [3.8, 4) is 0 Å². The summed E-state index contributed by atoms with van der Waals surface area (Å²) in [7, 11) is 0. The first-order valence-electron chi connectivity index (χ1n) is 8.79. The lowest BCUT2D eigenvalue weighted by Gasteiger charge is -2.36. The average Bonchev–Trinajstić information content (AvgIpc) is 2.68. The normalized spacial score (nSPS) is 28.7. The first kappa shape index (κ1) is 18.2. The second kappa shape index (κ2) is 6.80. The third kappa shape index (κ3) is 4.46. The number of aldehydes is 1. The van der Waals surface area contributed by atoms with E-state index < -0.39 is 23.5 Å². The lowest BCUT2D eigenvalue weighted by molar-refractivity contribution is -0.124. The van der Waals surface area contributed by atoms with Gasteiger partial charge in [-0.05, 0) is 47.0 Å². The Morgan fingerprint density at radius 2 is 1.87 bits per heavy atom. The zero-order chi connectivity index (χ0) is 17.3. The third-order valence-electron chi connectivity index (χ3n) is 4.74. The number of carbonyl (C=O) groups excluding carboxylic acids is 2. The van der Waals surface area contributed by atoms with Crippen LogP contribution in [0.3, 0.4) is 0 Å². The lowest BCUT2D eigenvalue weighted by Crippen LogP contribution is -2.50. The monoisotopic (exact) mass is 325 g/mol. The quantitative estimate of drug-likeness (QED) is 0.739. The molecular formula is C18H31NO4. The molecule has 23 heavy (non-hydrogen) atoms. The van der Waals surface area contributed by atoms with Crippen molar-refractivity contribution in [3.05, 3.63) is 0 Å². The van der Waals surface area contributed by atoms with Crippen molar-refractivity contribution in [3.63, 3.8) is 0 Å². The van der Waals surface area contributed by atoms with Crippen molar-refractivity contribution in [1.82, 2.24) is 4.90 Å². The molecule has 132 valence electrons. The fourth-order valence-corrected chi connectivity index (χ4v) is 3.80. The van der Waals surface area contributed by atoms with E-state index >= 15 is 0 Å². The van der Waals surface area contributed by atoms with E-state index in [9.17, 15) is 9.59 Å². The van der Waals surface area contributed by atoms with E-state index in [0.717, 1.165) is 12.7 Å². The molecule has 1 heterocycles. The van der Waals surface area contributed by atoms with Crippen LogP contribution in [0.5, 0.6) is 0 Å². The van der Waals surface area contributed by atoms with E-state index in [1.54, 1.807) is 4.90 Å². The summed E-state index contributed by atoms with van der Waals surface area (Å²) < 4.78 is 11.4. The summed E-state index contributed by atoms with van der Waals surface area (Å²) in [4.78, 5) is 25.8. The van der Waals surface area contributed by atoms with Crippen molar-refractivity contribution in [2.45, 2.75) is 96.6 Å². The Bertz CT molecular complexity index is 435. The zero-order valence-electron chi connectivity index (χ0n) is 15.1. The van der Waals surface area contributed by atoms with Crippen LogP contribution in [-0.2, 0) is 14.3 Å². The fraction of sp³-hybridized carbons (Fsp3) is 0.889. The SMILES string of the molecule is CC(C)(C)OC(=O)N1[C@H](CC2CCCCC2)[C@H](C=O)OC1(C)C. The van der Waals surface area contributed by atoms with Crippen molar-refractivity contribution < 1.29 is 19.1 Å². The van der Waals surface area contributed by atoms with E-state index in [1.165, 1.54) is 32.1 Å². The highest BCUT2D eigenvalue weighted by atomic mass is 16.6. The van der Waals surface area contributed by atoms with Crippen LogP contribution in [0.2, 0.25) is 0 Å². The molecule has 5 nitrogen and oxygen atoms in total. The Morgan fingerprint density at radius 1 is 1.26 bits per heavy atom. The molecule has 0 spiro atoms. The van der Waals surface area contributed by atoms with Gasteiger partial charge in [-0.15, -0.1) is 0 Å². The predicted octanol–water partition coefficient (Wildman–Crippen LogP) is 3.90. The molecule has 2 rings (SSSR count). The third-order valence-corrected chi connectivity index (χ3v) is 4.74. The number of amides is 1. The van der Waals surface area contributed by atoms with Gasteiger partial charge >= 0.3 is 6.09 Å². The van der Waals surface area contributed by atoms with Gasteiger partial charge in [0.2, 0.25) is 0 Å². The van der Waals surface area contributed by atoms with Crippen LogP contribution in [0.25, 0.3) is 0 Å². The van der Waals surface area contributed by atoms with E-state index in [-0.39, 0.29) is 6.04 Å². The van der Waals surface area contributed by atoms with Gasteiger partial charge in [0.1, 0.15) is 17.4 Å².